The third-order valence-electron chi connectivity index (χ3n) is 5.24. The van der Waals surface area contributed by atoms with Gasteiger partial charge in [0, 0.05) is 42.4 Å². The molecule has 0 radical (unpaired) electrons. The molecule has 126 valence electrons. The average molecular weight is 330 g/mol. The van der Waals surface area contributed by atoms with Crippen molar-refractivity contribution in [3.8, 4) is 22.4 Å². The molecule has 0 spiro atoms. The second-order valence-corrected chi connectivity index (χ2v) is 6.97. The Bertz CT molecular complexity index is 925. The fourth-order valence-electron chi connectivity index (χ4n) is 3.71. The van der Waals surface area contributed by atoms with Crippen LogP contribution in [0.4, 0.5) is 0 Å². The molecule has 0 saturated heterocycles. The first-order valence-electron chi connectivity index (χ1n) is 9.59. The molecule has 1 aromatic carbocycles. The van der Waals surface area contributed by atoms with Crippen LogP contribution in [0.2, 0.25) is 0 Å². The molecule has 0 aliphatic heterocycles. The van der Waals surface area contributed by atoms with E-state index < -0.39 is 5.89 Å². The Labute approximate surface area is 151 Å². The number of hydrogen-bond acceptors (Lipinski definition) is 1. The summed E-state index contributed by atoms with van der Waals surface area (Å²) < 4.78 is 10.8. The van der Waals surface area contributed by atoms with Crippen molar-refractivity contribution in [2.75, 3.05) is 0 Å². The second kappa shape index (κ2) is 6.79. The molecule has 4 rings (SSSR count). The zero-order valence-corrected chi connectivity index (χ0v) is 15.0. The number of pyridine rings is 2. The van der Waals surface area contributed by atoms with Crippen LogP contribution < -0.4 is 4.57 Å². The van der Waals surface area contributed by atoms with Gasteiger partial charge in [-0.2, -0.15) is 0 Å². The summed E-state index contributed by atoms with van der Waals surface area (Å²) >= 11 is 0. The number of aromatic nitrogens is 2. The normalized spacial score (nSPS) is 16.6. The maximum Gasteiger partial charge on any atom is 0.213 e. The zero-order valence-electron chi connectivity index (χ0n) is 16.0. The molecule has 3 aromatic rings. The molecular weight excluding hydrogens is 304 g/mol. The van der Waals surface area contributed by atoms with E-state index in [-0.39, 0.29) is 0 Å². The Morgan fingerprint density at radius 3 is 2.56 bits per heavy atom. The van der Waals surface area contributed by atoms with Gasteiger partial charge in [0.2, 0.25) is 5.69 Å². The number of aryl methyl sites for hydroxylation is 2. The molecule has 1 aliphatic carbocycles. The molecule has 0 bridgehead atoms. The highest BCUT2D eigenvalue weighted by atomic mass is 14.9. The Morgan fingerprint density at radius 1 is 1.04 bits per heavy atom. The molecule has 2 aromatic heterocycles. The molecule has 2 nitrogen and oxygen atoms in total. The van der Waals surface area contributed by atoms with E-state index in [1.807, 2.05) is 12.3 Å². The van der Waals surface area contributed by atoms with E-state index in [1.54, 1.807) is 0 Å². The lowest BCUT2D eigenvalue weighted by atomic mass is 9.99. The number of hydrogen-bond donors (Lipinski definition) is 0. The first kappa shape index (κ1) is 14.8. The minimum Gasteiger partial charge on any atom is -0.260 e. The van der Waals surface area contributed by atoms with Crippen LogP contribution in [0.5, 0.6) is 0 Å². The summed E-state index contributed by atoms with van der Waals surface area (Å²) in [6.07, 6.45) is 8.18. The molecule has 1 fully saturated rings. The van der Waals surface area contributed by atoms with Crippen LogP contribution in [0, 0.1) is 6.92 Å². The van der Waals surface area contributed by atoms with Crippen LogP contribution in [0.15, 0.2) is 60.9 Å². The highest BCUT2D eigenvalue weighted by molar-refractivity contribution is 5.69. The van der Waals surface area contributed by atoms with Gasteiger partial charge < -0.3 is 0 Å². The minimum atomic E-state index is -0.478. The van der Waals surface area contributed by atoms with E-state index in [2.05, 4.69) is 72.2 Å². The van der Waals surface area contributed by atoms with E-state index in [0.29, 0.717) is 0 Å². The molecule has 2 heteroatoms. The molecule has 0 amide bonds. The summed E-state index contributed by atoms with van der Waals surface area (Å²) in [7, 11) is 2.08. The fourth-order valence-corrected chi connectivity index (χ4v) is 3.71. The molecule has 1 saturated carbocycles. The lowest BCUT2D eigenvalue weighted by molar-refractivity contribution is -0.660. The van der Waals surface area contributed by atoms with Crippen molar-refractivity contribution in [3.63, 3.8) is 0 Å². The van der Waals surface area contributed by atoms with Crippen LogP contribution in [0.25, 0.3) is 22.4 Å². The first-order chi connectivity index (χ1) is 12.6. The van der Waals surface area contributed by atoms with Crippen molar-refractivity contribution >= 4 is 0 Å². The lowest BCUT2D eigenvalue weighted by Gasteiger charge is -2.10. The highest BCUT2D eigenvalue weighted by Gasteiger charge is 2.18. The van der Waals surface area contributed by atoms with Crippen molar-refractivity contribution < 1.29 is 5.94 Å². The van der Waals surface area contributed by atoms with Gasteiger partial charge in [-0.05, 0) is 43.0 Å². The van der Waals surface area contributed by atoms with Gasteiger partial charge in [-0.3, -0.25) is 4.98 Å². The molecule has 1 aliphatic rings. The fraction of sp³-hybridized carbons (Fsp3) is 0.304. The van der Waals surface area contributed by atoms with Crippen LogP contribution in [-0.4, -0.2) is 4.98 Å². The van der Waals surface area contributed by atoms with Gasteiger partial charge in [0.1, 0.15) is 7.05 Å². The lowest BCUT2D eigenvalue weighted by Crippen LogP contribution is -2.30. The standard InChI is InChI=1S/C23H25N2/c1-17-7-3-6-10-21(17)23-15-19(13-14-25(23)2)20-11-12-22(24-16-20)18-8-4-5-9-18/h3,6-7,10-16,18H,4-5,8-9H2,1-2H3/q+1/i18D. The predicted octanol–water partition coefficient (Wildman–Crippen LogP) is 5.21. The summed E-state index contributed by atoms with van der Waals surface area (Å²) in [6.45, 7) is 2.15. The molecule has 2 heterocycles. The van der Waals surface area contributed by atoms with E-state index in [0.717, 1.165) is 42.5 Å². The third-order valence-corrected chi connectivity index (χ3v) is 5.24. The van der Waals surface area contributed by atoms with E-state index >= 15 is 0 Å². The first-order valence-corrected chi connectivity index (χ1v) is 9.09. The Hall–Kier alpha value is -2.48. The molecule has 0 atom stereocenters. The van der Waals surface area contributed by atoms with Crippen molar-refractivity contribution in [1.82, 2.24) is 4.98 Å². The van der Waals surface area contributed by atoms with Gasteiger partial charge >= 0.3 is 0 Å². The molecule has 0 unspecified atom stereocenters. The van der Waals surface area contributed by atoms with E-state index in [1.165, 1.54) is 16.8 Å². The van der Waals surface area contributed by atoms with Crippen molar-refractivity contribution in [2.24, 2.45) is 7.05 Å². The van der Waals surface area contributed by atoms with E-state index in [9.17, 15) is 0 Å². The van der Waals surface area contributed by atoms with Crippen molar-refractivity contribution in [1.29, 1.82) is 0 Å². The number of rotatable bonds is 3. The van der Waals surface area contributed by atoms with Gasteiger partial charge in [0.05, 0.1) is 0 Å². The largest absolute Gasteiger partial charge is 0.260 e. The quantitative estimate of drug-likeness (QED) is 0.603. The highest BCUT2D eigenvalue weighted by Crippen LogP contribution is 2.33. The summed E-state index contributed by atoms with van der Waals surface area (Å²) in [4.78, 5) is 4.66. The third kappa shape index (κ3) is 3.21. The molecule has 25 heavy (non-hydrogen) atoms. The van der Waals surface area contributed by atoms with Gasteiger partial charge in [-0.1, -0.05) is 37.1 Å². The maximum atomic E-state index is 8.63. The summed E-state index contributed by atoms with van der Waals surface area (Å²) in [5.74, 6) is -0.478. The monoisotopic (exact) mass is 330 g/mol. The van der Waals surface area contributed by atoms with E-state index in [4.69, 9.17) is 1.37 Å². The smallest absolute Gasteiger partial charge is 0.213 e. The second-order valence-electron chi connectivity index (χ2n) is 6.97. The van der Waals surface area contributed by atoms with Gasteiger partial charge in [-0.15, -0.1) is 0 Å². The van der Waals surface area contributed by atoms with Crippen LogP contribution in [-0.2, 0) is 7.05 Å². The van der Waals surface area contributed by atoms with Crippen LogP contribution in [0.1, 0.15) is 44.2 Å². The van der Waals surface area contributed by atoms with Crippen molar-refractivity contribution in [3.05, 3.63) is 72.2 Å². The average Bonchev–Trinajstić information content (AvgIpc) is 3.11. The summed E-state index contributed by atoms with van der Waals surface area (Å²) in [6, 6.07) is 17.0. The number of nitrogens with zero attached hydrogens (tertiary/aromatic N) is 2. The van der Waals surface area contributed by atoms with Crippen molar-refractivity contribution in [2.45, 2.75) is 38.5 Å². The summed E-state index contributed by atoms with van der Waals surface area (Å²) in [5, 5.41) is 0. The predicted molar refractivity (Wildman–Crippen MR) is 102 cm³/mol. The molecule has 0 N–H and O–H groups in total. The Kier molecular flexibility index (Phi) is 4.03. The minimum absolute atomic E-state index is 0.478. The number of benzene rings is 1. The van der Waals surface area contributed by atoms with Gasteiger partial charge in [0.25, 0.3) is 0 Å². The molecular formula is C23H25N2+. The Balaban J connectivity index is 1.70. The SMILES string of the molecule is [2H]C1(c2ccc(-c3cc[n+](C)c(-c4ccccc4C)c3)cn2)CCCC1. The summed E-state index contributed by atoms with van der Waals surface area (Å²) in [5.41, 5.74) is 6.89. The Morgan fingerprint density at radius 2 is 1.84 bits per heavy atom. The van der Waals surface area contributed by atoms with Gasteiger partial charge in [0.15, 0.2) is 6.20 Å². The van der Waals surface area contributed by atoms with Crippen LogP contribution >= 0.6 is 0 Å². The maximum absolute atomic E-state index is 8.63. The van der Waals surface area contributed by atoms with Gasteiger partial charge in [-0.25, -0.2) is 4.57 Å². The zero-order chi connectivity index (χ0) is 18.1. The van der Waals surface area contributed by atoms with Crippen LogP contribution in [0.3, 0.4) is 0 Å². The topological polar surface area (TPSA) is 16.8 Å².